The summed E-state index contributed by atoms with van der Waals surface area (Å²) in [7, 11) is 0. The van der Waals surface area contributed by atoms with Gasteiger partial charge in [-0.25, -0.2) is 0 Å². The number of carbonyl (C=O) groups is 3. The van der Waals surface area contributed by atoms with Gasteiger partial charge in [0.15, 0.2) is 6.10 Å². The fraction of sp³-hybridized carbons (Fsp3) is 0.621. The Hall–Kier alpha value is -4.45. The van der Waals surface area contributed by atoms with Gasteiger partial charge in [0.05, 0.1) is 0 Å². The van der Waals surface area contributed by atoms with Crippen LogP contribution in [-0.4, -0.2) is 37.2 Å². The maximum Gasteiger partial charge on any atom is 0.306 e. The van der Waals surface area contributed by atoms with Gasteiger partial charge in [0.1, 0.15) is 13.2 Å². The Labute approximate surface area is 443 Å². The van der Waals surface area contributed by atoms with Gasteiger partial charge in [-0.15, -0.1) is 0 Å². The minimum absolute atomic E-state index is 0.108. The van der Waals surface area contributed by atoms with Crippen molar-refractivity contribution >= 4 is 17.9 Å². The molecule has 0 spiro atoms. The molecule has 0 heterocycles. The molecule has 0 aliphatic carbocycles. The number of hydrogen-bond donors (Lipinski definition) is 0. The zero-order chi connectivity index (χ0) is 52.2. The smallest absolute Gasteiger partial charge is 0.306 e. The third-order valence-electron chi connectivity index (χ3n) is 11.9. The maximum absolute atomic E-state index is 12.9. The molecule has 0 aliphatic rings. The van der Waals surface area contributed by atoms with Gasteiger partial charge in [-0.05, 0) is 116 Å². The third-order valence-corrected chi connectivity index (χ3v) is 11.9. The normalized spacial score (nSPS) is 13.1. The van der Waals surface area contributed by atoms with Crippen molar-refractivity contribution in [3.05, 3.63) is 134 Å². The van der Waals surface area contributed by atoms with Crippen LogP contribution in [0.1, 0.15) is 245 Å². The summed E-state index contributed by atoms with van der Waals surface area (Å²) in [6.45, 7) is 6.35. The highest BCUT2D eigenvalue weighted by Gasteiger charge is 2.19. The summed E-state index contributed by atoms with van der Waals surface area (Å²) >= 11 is 0. The van der Waals surface area contributed by atoms with Crippen molar-refractivity contribution in [1.29, 1.82) is 0 Å². The van der Waals surface area contributed by atoms with Gasteiger partial charge in [0.2, 0.25) is 0 Å². The van der Waals surface area contributed by atoms with Crippen LogP contribution in [-0.2, 0) is 28.6 Å². The van der Waals surface area contributed by atoms with E-state index in [2.05, 4.69) is 154 Å². The van der Waals surface area contributed by atoms with E-state index >= 15 is 0 Å². The Bertz CT molecular complexity index is 1560. The molecule has 0 rings (SSSR count). The van der Waals surface area contributed by atoms with Crippen LogP contribution in [0.25, 0.3) is 0 Å². The van der Waals surface area contributed by atoms with Gasteiger partial charge < -0.3 is 14.2 Å². The Morgan fingerprint density at radius 1 is 0.292 bits per heavy atom. The molecular weight excluding hydrogens is 889 g/mol. The number of rotatable bonds is 51. The van der Waals surface area contributed by atoms with Crippen molar-refractivity contribution in [3.8, 4) is 0 Å². The Balaban J connectivity index is 4.54. The molecule has 6 nitrogen and oxygen atoms in total. The lowest BCUT2D eigenvalue weighted by Gasteiger charge is -2.18. The van der Waals surface area contributed by atoms with Crippen molar-refractivity contribution in [2.24, 2.45) is 0 Å². The lowest BCUT2D eigenvalue weighted by molar-refractivity contribution is -0.167. The predicted molar refractivity (Wildman–Crippen MR) is 311 cm³/mol. The molecule has 72 heavy (non-hydrogen) atoms. The first-order valence-corrected chi connectivity index (χ1v) is 29.2. The van der Waals surface area contributed by atoms with Gasteiger partial charge >= 0.3 is 17.9 Å². The van der Waals surface area contributed by atoms with E-state index in [1.54, 1.807) is 0 Å². The second kappa shape index (κ2) is 59.1. The second-order valence-electron chi connectivity index (χ2n) is 18.8. The molecule has 0 fully saturated rings. The fourth-order valence-corrected chi connectivity index (χ4v) is 7.59. The average Bonchev–Trinajstić information content (AvgIpc) is 3.38. The van der Waals surface area contributed by atoms with E-state index in [-0.39, 0.29) is 37.5 Å². The predicted octanol–water partition coefficient (Wildman–Crippen LogP) is 19.8. The summed E-state index contributed by atoms with van der Waals surface area (Å²) in [4.78, 5) is 38.2. The Morgan fingerprint density at radius 2 is 0.542 bits per heavy atom. The van der Waals surface area contributed by atoms with Crippen molar-refractivity contribution in [3.63, 3.8) is 0 Å². The van der Waals surface area contributed by atoms with Crippen LogP contribution >= 0.6 is 0 Å². The van der Waals surface area contributed by atoms with Gasteiger partial charge in [-0.1, -0.05) is 244 Å². The first-order chi connectivity index (χ1) is 35.5. The van der Waals surface area contributed by atoms with E-state index in [0.717, 1.165) is 122 Å². The molecule has 406 valence electrons. The standard InChI is InChI=1S/C66H106O6/c1-4-7-10-13-16-19-22-25-28-30-32-33-35-36-38-41-44-47-50-53-56-59-65(68)71-62-63(61-70-64(67)58-55-52-49-46-43-40-27-24-21-18-15-12-9-6-3)72-66(69)60-57-54-51-48-45-42-39-37-34-31-29-26-23-20-17-14-11-8-5-2/h7-8,10-11,16-17,19-20,25-26,28-29,32-34,36-38,42,44-45,47,63H,4-6,9,12-15,18,21-24,27,30-31,35,39-41,43,46,48-62H2,1-3H3/b10-7-,11-8-,19-16-,20-17-,28-25-,29-26-,33-32-,37-34-,38-36-,45-42-,47-44-. The van der Waals surface area contributed by atoms with E-state index in [9.17, 15) is 14.4 Å². The summed E-state index contributed by atoms with van der Waals surface area (Å²) in [5.41, 5.74) is 0. The van der Waals surface area contributed by atoms with Crippen LogP contribution in [0.15, 0.2) is 134 Å². The molecule has 1 unspecified atom stereocenters. The Kier molecular flexibility index (Phi) is 55.5. The second-order valence-corrected chi connectivity index (χ2v) is 18.8. The van der Waals surface area contributed by atoms with Crippen molar-refractivity contribution in [2.45, 2.75) is 252 Å². The lowest BCUT2D eigenvalue weighted by Crippen LogP contribution is -2.30. The molecule has 0 radical (unpaired) electrons. The highest BCUT2D eigenvalue weighted by atomic mass is 16.6. The molecule has 0 aromatic carbocycles. The summed E-state index contributed by atoms with van der Waals surface area (Å²) in [5.74, 6) is -0.987. The monoisotopic (exact) mass is 995 g/mol. The van der Waals surface area contributed by atoms with Crippen molar-refractivity contribution in [2.75, 3.05) is 13.2 Å². The summed E-state index contributed by atoms with van der Waals surface area (Å²) < 4.78 is 16.8. The zero-order valence-corrected chi connectivity index (χ0v) is 46.4. The van der Waals surface area contributed by atoms with Gasteiger partial charge in [-0.2, -0.15) is 0 Å². The number of allylic oxidation sites excluding steroid dienone is 22. The SMILES string of the molecule is CC/C=C\C/C=C\C/C=C\C/C=C\C/C=C\C/C=C\CCCCC(=O)OCC(COC(=O)CCCCCCCCCCCCCCCC)OC(=O)CCCCC/C=C\C/C=C\C/C=C\C/C=C\C/C=C\CC. The van der Waals surface area contributed by atoms with Crippen LogP contribution in [0.4, 0.5) is 0 Å². The molecule has 0 aliphatic heterocycles. The summed E-state index contributed by atoms with van der Waals surface area (Å²) in [6.07, 6.45) is 83.0. The number of unbranched alkanes of at least 4 members (excludes halogenated alkanes) is 18. The van der Waals surface area contributed by atoms with E-state index in [1.807, 2.05) is 0 Å². The number of hydrogen-bond acceptors (Lipinski definition) is 6. The molecule has 0 N–H and O–H groups in total. The van der Waals surface area contributed by atoms with Crippen LogP contribution in [0.5, 0.6) is 0 Å². The zero-order valence-electron chi connectivity index (χ0n) is 46.4. The molecule has 0 saturated carbocycles. The largest absolute Gasteiger partial charge is 0.462 e. The number of carbonyl (C=O) groups excluding carboxylic acids is 3. The highest BCUT2D eigenvalue weighted by molar-refractivity contribution is 5.71. The molecule has 6 heteroatoms. The molecule has 1 atom stereocenters. The number of esters is 3. The quantitative estimate of drug-likeness (QED) is 0.0261. The fourth-order valence-electron chi connectivity index (χ4n) is 7.59. The Morgan fingerprint density at radius 3 is 0.875 bits per heavy atom. The highest BCUT2D eigenvalue weighted by Crippen LogP contribution is 2.15. The van der Waals surface area contributed by atoms with Gasteiger partial charge in [-0.3, -0.25) is 14.4 Å². The van der Waals surface area contributed by atoms with Gasteiger partial charge in [0.25, 0.3) is 0 Å². The van der Waals surface area contributed by atoms with Crippen LogP contribution < -0.4 is 0 Å². The maximum atomic E-state index is 12.9. The molecule has 0 saturated heterocycles. The molecule has 0 aromatic rings. The molecule has 0 aromatic heterocycles. The minimum atomic E-state index is -0.818. The van der Waals surface area contributed by atoms with Crippen LogP contribution in [0.2, 0.25) is 0 Å². The van der Waals surface area contributed by atoms with Crippen molar-refractivity contribution in [1.82, 2.24) is 0 Å². The summed E-state index contributed by atoms with van der Waals surface area (Å²) in [6, 6.07) is 0. The van der Waals surface area contributed by atoms with Crippen LogP contribution in [0.3, 0.4) is 0 Å². The molecular formula is C66H106O6. The minimum Gasteiger partial charge on any atom is -0.462 e. The van der Waals surface area contributed by atoms with E-state index in [1.165, 1.54) is 70.6 Å². The van der Waals surface area contributed by atoms with E-state index < -0.39 is 6.10 Å². The average molecular weight is 996 g/mol. The van der Waals surface area contributed by atoms with E-state index in [4.69, 9.17) is 14.2 Å². The number of ether oxygens (including phenoxy) is 3. The van der Waals surface area contributed by atoms with Crippen molar-refractivity contribution < 1.29 is 28.6 Å². The third kappa shape index (κ3) is 56.5. The molecule has 0 bridgehead atoms. The topological polar surface area (TPSA) is 78.9 Å². The first kappa shape index (κ1) is 67.5. The van der Waals surface area contributed by atoms with Crippen LogP contribution in [0, 0.1) is 0 Å². The first-order valence-electron chi connectivity index (χ1n) is 29.2. The lowest BCUT2D eigenvalue weighted by atomic mass is 10.0. The van der Waals surface area contributed by atoms with E-state index in [0.29, 0.717) is 25.7 Å². The molecule has 0 amide bonds. The summed E-state index contributed by atoms with van der Waals surface area (Å²) in [5, 5.41) is 0. The van der Waals surface area contributed by atoms with Gasteiger partial charge in [0, 0.05) is 19.3 Å².